The van der Waals surface area contributed by atoms with E-state index in [0.29, 0.717) is 21.5 Å². The van der Waals surface area contributed by atoms with E-state index in [1.54, 1.807) is 25.1 Å². The second kappa shape index (κ2) is 7.13. The molecule has 0 saturated carbocycles. The van der Waals surface area contributed by atoms with Gasteiger partial charge in [0.1, 0.15) is 11.6 Å². The van der Waals surface area contributed by atoms with Gasteiger partial charge in [-0.3, -0.25) is 19.5 Å². The molecule has 0 bridgehead atoms. The Balaban J connectivity index is 1.67. The normalized spacial score (nSPS) is 16.5. The number of thiazole rings is 1. The van der Waals surface area contributed by atoms with Crippen LogP contribution in [-0.4, -0.2) is 26.8 Å². The van der Waals surface area contributed by atoms with E-state index in [-0.39, 0.29) is 16.5 Å². The Bertz CT molecular complexity index is 1380. The van der Waals surface area contributed by atoms with Gasteiger partial charge in [0.2, 0.25) is 5.78 Å². The van der Waals surface area contributed by atoms with Crippen LogP contribution >= 0.6 is 11.3 Å². The molecule has 31 heavy (non-hydrogen) atoms. The van der Waals surface area contributed by atoms with Gasteiger partial charge in [-0.25, -0.2) is 9.37 Å². The smallest absolute Gasteiger partial charge is 0.296 e. The van der Waals surface area contributed by atoms with Crippen molar-refractivity contribution in [3.05, 3.63) is 89.1 Å². The molecule has 1 atom stereocenters. The van der Waals surface area contributed by atoms with E-state index >= 15 is 0 Å². The second-order valence-electron chi connectivity index (χ2n) is 6.97. The zero-order valence-corrected chi connectivity index (χ0v) is 16.9. The summed E-state index contributed by atoms with van der Waals surface area (Å²) in [5, 5.41) is 10.9. The number of halogens is 1. The Hall–Kier alpha value is -3.85. The summed E-state index contributed by atoms with van der Waals surface area (Å²) in [5.74, 6) is -1.93. The highest BCUT2D eigenvalue weighted by Gasteiger charge is 2.46. The van der Waals surface area contributed by atoms with Crippen molar-refractivity contribution in [3.63, 3.8) is 0 Å². The van der Waals surface area contributed by atoms with Crippen LogP contribution in [0.3, 0.4) is 0 Å². The summed E-state index contributed by atoms with van der Waals surface area (Å²) >= 11 is 1.09. The molecular weight excluding hydrogens is 421 g/mol. The quantitative estimate of drug-likeness (QED) is 0.474. The van der Waals surface area contributed by atoms with Crippen molar-refractivity contribution in [1.29, 1.82) is 0 Å². The van der Waals surface area contributed by atoms with Gasteiger partial charge in [-0.15, -0.1) is 0 Å². The minimum Gasteiger partial charge on any atom is -0.503 e. The molecule has 1 unspecified atom stereocenters. The summed E-state index contributed by atoms with van der Waals surface area (Å²) in [4.78, 5) is 36.0. The van der Waals surface area contributed by atoms with Crippen LogP contribution in [0.5, 0.6) is 0 Å². The summed E-state index contributed by atoms with van der Waals surface area (Å²) in [6.45, 7) is 1.69. The van der Waals surface area contributed by atoms with E-state index in [1.807, 2.05) is 0 Å². The fraction of sp³-hybridized carbons (Fsp3) is 0.0909. The average Bonchev–Trinajstić information content (AvgIpc) is 3.44. The Kier molecular flexibility index (Phi) is 4.40. The number of Topliss-reactive ketones (excluding diaryl/α,β-unsaturated/α-hetero) is 1. The lowest BCUT2D eigenvalue weighted by molar-refractivity contribution is -0.117. The Morgan fingerprint density at radius 3 is 2.68 bits per heavy atom. The predicted molar refractivity (Wildman–Crippen MR) is 111 cm³/mol. The van der Waals surface area contributed by atoms with Gasteiger partial charge in [0, 0.05) is 12.4 Å². The molecule has 0 fully saturated rings. The number of hydrogen-bond acceptors (Lipinski definition) is 7. The fourth-order valence-electron chi connectivity index (χ4n) is 3.57. The van der Waals surface area contributed by atoms with Gasteiger partial charge in [0.15, 0.2) is 16.7 Å². The molecule has 0 saturated heterocycles. The van der Waals surface area contributed by atoms with Gasteiger partial charge in [-0.2, -0.15) is 0 Å². The van der Waals surface area contributed by atoms with Crippen molar-refractivity contribution in [3.8, 4) is 0 Å². The maximum absolute atomic E-state index is 13.6. The number of carbonyl (C=O) groups is 2. The fourth-order valence-corrected chi connectivity index (χ4v) is 4.59. The molecule has 1 aromatic carbocycles. The number of aliphatic hydroxyl groups is 1. The first-order valence-corrected chi connectivity index (χ1v) is 10.1. The SMILES string of the molecule is Cc1ccc(C(=O)C2=C(O)C(=O)N(c3nc4ccc(F)cc4s3)C2c2ccncc2)o1. The number of aliphatic hydroxyl groups excluding tert-OH is 1. The minimum absolute atomic E-state index is 0.0131. The number of aromatic nitrogens is 2. The Labute approximate surface area is 179 Å². The molecule has 0 aliphatic carbocycles. The van der Waals surface area contributed by atoms with E-state index in [9.17, 15) is 19.1 Å². The number of furan rings is 1. The van der Waals surface area contributed by atoms with E-state index in [0.717, 1.165) is 11.3 Å². The van der Waals surface area contributed by atoms with Gasteiger partial charge in [-0.1, -0.05) is 11.3 Å². The van der Waals surface area contributed by atoms with E-state index in [2.05, 4.69) is 9.97 Å². The first-order valence-electron chi connectivity index (χ1n) is 9.28. The first-order chi connectivity index (χ1) is 14.9. The van der Waals surface area contributed by atoms with Gasteiger partial charge >= 0.3 is 0 Å². The molecule has 154 valence electrons. The molecule has 5 rings (SSSR count). The Morgan fingerprint density at radius 1 is 1.19 bits per heavy atom. The first kappa shape index (κ1) is 19.1. The third-order valence-corrected chi connectivity index (χ3v) is 6.00. The lowest BCUT2D eigenvalue weighted by Crippen LogP contribution is -2.30. The van der Waals surface area contributed by atoms with Gasteiger partial charge in [0.05, 0.1) is 21.8 Å². The molecule has 0 radical (unpaired) electrons. The molecule has 4 aromatic rings. The van der Waals surface area contributed by atoms with Crippen LogP contribution in [0.25, 0.3) is 10.2 Å². The zero-order chi connectivity index (χ0) is 21.7. The van der Waals surface area contributed by atoms with E-state index < -0.39 is 29.3 Å². The molecule has 7 nitrogen and oxygen atoms in total. The van der Waals surface area contributed by atoms with Crippen molar-refractivity contribution in [2.45, 2.75) is 13.0 Å². The highest BCUT2D eigenvalue weighted by molar-refractivity contribution is 7.22. The molecule has 3 aromatic heterocycles. The average molecular weight is 435 g/mol. The largest absolute Gasteiger partial charge is 0.503 e. The summed E-state index contributed by atoms with van der Waals surface area (Å²) < 4.78 is 19.6. The third-order valence-electron chi connectivity index (χ3n) is 4.98. The van der Waals surface area contributed by atoms with Crippen molar-refractivity contribution in [2.24, 2.45) is 0 Å². The lowest BCUT2D eigenvalue weighted by atomic mass is 9.96. The number of carbonyl (C=O) groups excluding carboxylic acids is 2. The molecule has 9 heteroatoms. The summed E-state index contributed by atoms with van der Waals surface area (Å²) in [5.41, 5.74) is 0.948. The molecule has 4 heterocycles. The van der Waals surface area contributed by atoms with Crippen molar-refractivity contribution in [2.75, 3.05) is 4.90 Å². The highest BCUT2D eigenvalue weighted by Crippen LogP contribution is 2.44. The topological polar surface area (TPSA) is 96.5 Å². The van der Waals surface area contributed by atoms with Crippen LogP contribution in [0.1, 0.15) is 27.9 Å². The number of ketones is 1. The summed E-state index contributed by atoms with van der Waals surface area (Å²) in [6, 6.07) is 9.59. The van der Waals surface area contributed by atoms with Gasteiger partial charge < -0.3 is 9.52 Å². The van der Waals surface area contributed by atoms with Crippen LogP contribution in [-0.2, 0) is 4.79 Å². The van der Waals surface area contributed by atoms with Crippen LogP contribution in [0, 0.1) is 12.7 Å². The van der Waals surface area contributed by atoms with Crippen LogP contribution < -0.4 is 4.90 Å². The molecular formula is C22H14FN3O4S. The molecule has 0 spiro atoms. The van der Waals surface area contributed by atoms with Crippen molar-refractivity contribution in [1.82, 2.24) is 9.97 Å². The maximum atomic E-state index is 13.6. The second-order valence-corrected chi connectivity index (χ2v) is 7.98. The summed E-state index contributed by atoms with van der Waals surface area (Å²) in [6.07, 6.45) is 3.06. The van der Waals surface area contributed by atoms with E-state index in [4.69, 9.17) is 4.42 Å². The Morgan fingerprint density at radius 2 is 1.97 bits per heavy atom. The number of aryl methyl sites for hydroxylation is 1. The molecule has 1 N–H and O–H groups in total. The number of pyridine rings is 1. The maximum Gasteiger partial charge on any atom is 0.296 e. The molecule has 1 aliphatic rings. The number of benzene rings is 1. The van der Waals surface area contributed by atoms with Crippen LogP contribution in [0.15, 0.2) is 70.6 Å². The number of fused-ring (bicyclic) bond motifs is 1. The number of rotatable bonds is 4. The summed E-state index contributed by atoms with van der Waals surface area (Å²) in [7, 11) is 0. The van der Waals surface area contributed by atoms with Crippen LogP contribution in [0.4, 0.5) is 9.52 Å². The number of nitrogens with zero attached hydrogens (tertiary/aromatic N) is 3. The molecule has 1 amide bonds. The molecule has 1 aliphatic heterocycles. The monoisotopic (exact) mass is 435 g/mol. The number of anilines is 1. The number of amides is 1. The van der Waals surface area contributed by atoms with Crippen LogP contribution in [0.2, 0.25) is 0 Å². The van der Waals surface area contributed by atoms with Crippen molar-refractivity contribution >= 4 is 38.4 Å². The minimum atomic E-state index is -0.946. The van der Waals surface area contributed by atoms with Gasteiger partial charge in [0.25, 0.3) is 5.91 Å². The number of hydrogen-bond donors (Lipinski definition) is 1. The standard InChI is InChI=1S/C22H14FN3O4S/c1-11-2-5-15(30-11)19(27)17-18(12-6-8-24-9-7-12)26(21(29)20(17)28)22-25-14-4-3-13(23)10-16(14)31-22/h2-10,18,28H,1H3. The lowest BCUT2D eigenvalue weighted by Gasteiger charge is -2.24. The predicted octanol–water partition coefficient (Wildman–Crippen LogP) is 4.51. The highest BCUT2D eigenvalue weighted by atomic mass is 32.1. The zero-order valence-electron chi connectivity index (χ0n) is 16.1. The van der Waals surface area contributed by atoms with E-state index in [1.165, 1.54) is 41.6 Å². The van der Waals surface area contributed by atoms with Gasteiger partial charge in [-0.05, 0) is 55.0 Å². The van der Waals surface area contributed by atoms with Crippen molar-refractivity contribution < 1.29 is 23.5 Å². The third kappa shape index (κ3) is 3.10.